The van der Waals surface area contributed by atoms with Crippen molar-refractivity contribution in [1.82, 2.24) is 5.32 Å². The molecule has 0 unspecified atom stereocenters. The Morgan fingerprint density at radius 2 is 1.90 bits per heavy atom. The monoisotopic (exact) mass is 302 g/mol. The van der Waals surface area contributed by atoms with Gasteiger partial charge in [0.15, 0.2) is 0 Å². The summed E-state index contributed by atoms with van der Waals surface area (Å²) in [6.07, 6.45) is 4.61. The molecule has 0 aromatic carbocycles. The summed E-state index contributed by atoms with van der Waals surface area (Å²) in [5, 5.41) is 22.7. The Morgan fingerprint density at radius 3 is 2.43 bits per heavy atom. The zero-order valence-electron chi connectivity index (χ0n) is 12.0. The lowest BCUT2D eigenvalue weighted by Gasteiger charge is -2.40. The average molecular weight is 302 g/mol. The van der Waals surface area contributed by atoms with Gasteiger partial charge in [-0.2, -0.15) is 10.5 Å². The molecule has 0 amide bonds. The Bertz CT molecular complexity index is 600. The van der Waals surface area contributed by atoms with Gasteiger partial charge in [0.25, 0.3) is 0 Å². The van der Waals surface area contributed by atoms with E-state index in [1.54, 1.807) is 0 Å². The van der Waals surface area contributed by atoms with Crippen molar-refractivity contribution in [3.05, 3.63) is 22.0 Å². The number of carbonyl (C=O) groups excluding carboxylic acids is 1. The lowest BCUT2D eigenvalue weighted by molar-refractivity contribution is -0.114. The molecule has 0 radical (unpaired) electrons. The fraction of sp³-hybridized carbons (Fsp3) is 0.533. The molecule has 1 spiro atoms. The lowest BCUT2D eigenvalue weighted by Crippen LogP contribution is -2.39. The smallest absolute Gasteiger partial charge is 0.140 e. The second-order valence-electron chi connectivity index (χ2n) is 5.47. The fourth-order valence-electron chi connectivity index (χ4n) is 3.11. The Morgan fingerprint density at radius 1 is 1.29 bits per heavy atom. The van der Waals surface area contributed by atoms with E-state index in [0.717, 1.165) is 32.1 Å². The van der Waals surface area contributed by atoms with Gasteiger partial charge >= 0.3 is 0 Å². The van der Waals surface area contributed by atoms with E-state index >= 15 is 0 Å². The van der Waals surface area contributed by atoms with Crippen molar-refractivity contribution >= 4 is 17.5 Å². The van der Waals surface area contributed by atoms with Gasteiger partial charge in [-0.3, -0.25) is 4.79 Å². The Balaban J connectivity index is 2.48. The van der Waals surface area contributed by atoms with Gasteiger partial charge in [0.2, 0.25) is 0 Å². The molecule has 1 fully saturated rings. The second-order valence-corrected chi connectivity index (χ2v) is 6.46. The molecule has 1 saturated carbocycles. The minimum Gasteiger partial charge on any atom is -0.384 e. The molecule has 0 bridgehead atoms. The number of carbonyl (C=O) groups is 1. The molecule has 3 N–H and O–H groups in total. The quantitative estimate of drug-likeness (QED) is 0.829. The van der Waals surface area contributed by atoms with Crippen LogP contribution in [0.3, 0.4) is 0 Å². The number of dihydropyridines is 1. The minimum atomic E-state index is -0.559. The van der Waals surface area contributed by atoms with Gasteiger partial charge in [0.1, 0.15) is 11.6 Å². The highest BCUT2D eigenvalue weighted by Gasteiger charge is 2.45. The first-order valence-electron chi connectivity index (χ1n) is 6.99. The van der Waals surface area contributed by atoms with Gasteiger partial charge in [-0.25, -0.2) is 0 Å². The summed E-state index contributed by atoms with van der Waals surface area (Å²) in [6.45, 7) is 1.51. The molecule has 0 aromatic heterocycles. The van der Waals surface area contributed by atoms with E-state index in [1.165, 1.54) is 18.7 Å². The highest BCUT2D eigenvalue weighted by Crippen LogP contribution is 2.51. The van der Waals surface area contributed by atoms with Crippen LogP contribution < -0.4 is 11.1 Å². The van der Waals surface area contributed by atoms with Gasteiger partial charge in [-0.15, -0.1) is 0 Å². The number of allylic oxidation sites excluding steroid dienone is 2. The molecule has 6 heteroatoms. The van der Waals surface area contributed by atoms with E-state index in [2.05, 4.69) is 17.5 Å². The number of rotatable bonds is 3. The number of hydrogen-bond donors (Lipinski definition) is 2. The van der Waals surface area contributed by atoms with Crippen molar-refractivity contribution in [3.8, 4) is 12.1 Å². The maximum absolute atomic E-state index is 11.2. The molecule has 0 aromatic rings. The Hall–Kier alpha value is -1.92. The molecular formula is C15H18N4OS. The summed E-state index contributed by atoms with van der Waals surface area (Å²) < 4.78 is 0. The third kappa shape index (κ3) is 2.77. The zero-order valence-corrected chi connectivity index (χ0v) is 12.8. The van der Waals surface area contributed by atoms with Crippen LogP contribution in [0.4, 0.5) is 0 Å². The second kappa shape index (κ2) is 6.24. The molecule has 5 nitrogen and oxygen atoms in total. The maximum atomic E-state index is 11.2. The summed E-state index contributed by atoms with van der Waals surface area (Å²) in [4.78, 5) is 11.2. The van der Waals surface area contributed by atoms with Crippen molar-refractivity contribution in [1.29, 1.82) is 10.5 Å². The van der Waals surface area contributed by atoms with Gasteiger partial charge < -0.3 is 11.1 Å². The summed E-state index contributed by atoms with van der Waals surface area (Å²) in [6, 6.07) is 4.46. The van der Waals surface area contributed by atoms with Crippen LogP contribution in [0.25, 0.3) is 0 Å². The molecule has 21 heavy (non-hydrogen) atoms. The highest BCUT2D eigenvalue weighted by atomic mass is 32.2. The molecule has 0 saturated heterocycles. The number of nitrogens with two attached hydrogens (primary N) is 1. The summed E-state index contributed by atoms with van der Waals surface area (Å²) in [7, 11) is 0. The Kier molecular flexibility index (Phi) is 4.59. The van der Waals surface area contributed by atoms with Crippen LogP contribution in [0.1, 0.15) is 39.0 Å². The number of nitriles is 2. The van der Waals surface area contributed by atoms with Crippen molar-refractivity contribution in [2.75, 3.05) is 5.75 Å². The standard InChI is InChI=1S/C15H18N4OS/c1-10(20)9-21-14-12(8-17)15(5-3-2-4-6-15)11(7-16)13(18)19-14/h19H,2-6,9,18H2,1H3. The zero-order chi connectivity index (χ0) is 15.5. The molecular weight excluding hydrogens is 284 g/mol. The van der Waals surface area contributed by atoms with Gasteiger partial charge in [0, 0.05) is 5.41 Å². The van der Waals surface area contributed by atoms with Gasteiger partial charge in [0.05, 0.1) is 34.1 Å². The van der Waals surface area contributed by atoms with Crippen molar-refractivity contribution in [2.45, 2.75) is 39.0 Å². The maximum Gasteiger partial charge on any atom is 0.140 e. The van der Waals surface area contributed by atoms with Gasteiger partial charge in [-0.1, -0.05) is 31.0 Å². The normalized spacial score (nSPS) is 20.7. The molecule has 1 aliphatic carbocycles. The lowest BCUT2D eigenvalue weighted by atomic mass is 9.64. The van der Waals surface area contributed by atoms with Crippen molar-refractivity contribution < 1.29 is 4.79 Å². The van der Waals surface area contributed by atoms with Gasteiger partial charge in [-0.05, 0) is 19.8 Å². The van der Waals surface area contributed by atoms with Crippen LogP contribution in [0.5, 0.6) is 0 Å². The third-order valence-electron chi connectivity index (χ3n) is 4.05. The van der Waals surface area contributed by atoms with E-state index in [1.807, 2.05) is 0 Å². The first-order valence-corrected chi connectivity index (χ1v) is 7.98. The van der Waals surface area contributed by atoms with E-state index in [4.69, 9.17) is 5.73 Å². The highest BCUT2D eigenvalue weighted by molar-refractivity contribution is 8.03. The van der Waals surface area contributed by atoms with Crippen LogP contribution in [0.15, 0.2) is 22.0 Å². The molecule has 2 rings (SSSR count). The van der Waals surface area contributed by atoms with E-state index < -0.39 is 5.41 Å². The average Bonchev–Trinajstić information content (AvgIpc) is 2.46. The number of hydrogen-bond acceptors (Lipinski definition) is 6. The predicted molar refractivity (Wildman–Crippen MR) is 81.3 cm³/mol. The number of Topliss-reactive ketones (excluding diaryl/α,β-unsaturated/α-hetero) is 1. The fourth-order valence-corrected chi connectivity index (χ4v) is 4.02. The number of thioether (sulfide) groups is 1. The minimum absolute atomic E-state index is 0.0397. The van der Waals surface area contributed by atoms with Crippen molar-refractivity contribution in [2.24, 2.45) is 11.1 Å². The number of ketones is 1. The summed E-state index contributed by atoms with van der Waals surface area (Å²) >= 11 is 1.29. The molecule has 2 aliphatic rings. The van der Waals surface area contributed by atoms with Crippen LogP contribution in [-0.4, -0.2) is 11.5 Å². The molecule has 1 heterocycles. The van der Waals surface area contributed by atoms with Crippen LogP contribution in [0, 0.1) is 28.1 Å². The molecule has 0 atom stereocenters. The first-order chi connectivity index (χ1) is 10.0. The SMILES string of the molecule is CC(=O)CSC1=C(C#N)C2(CCCCC2)C(C#N)=C(N)N1. The molecule has 1 aliphatic heterocycles. The number of nitrogens with one attached hydrogen (secondary N) is 1. The van der Waals surface area contributed by atoms with E-state index in [0.29, 0.717) is 27.7 Å². The Labute approximate surface area is 128 Å². The largest absolute Gasteiger partial charge is 0.384 e. The van der Waals surface area contributed by atoms with E-state index in [9.17, 15) is 15.3 Å². The first kappa shape index (κ1) is 15.5. The van der Waals surface area contributed by atoms with Crippen LogP contribution in [-0.2, 0) is 4.79 Å². The predicted octanol–water partition coefficient (Wildman–Crippen LogP) is 2.29. The van der Waals surface area contributed by atoms with Crippen LogP contribution >= 0.6 is 11.8 Å². The number of nitrogens with zero attached hydrogens (tertiary/aromatic N) is 2. The molecule has 110 valence electrons. The van der Waals surface area contributed by atoms with Crippen LogP contribution in [0.2, 0.25) is 0 Å². The van der Waals surface area contributed by atoms with Crippen molar-refractivity contribution in [3.63, 3.8) is 0 Å². The topological polar surface area (TPSA) is 103 Å². The summed E-state index contributed by atoms with van der Waals surface area (Å²) in [5.74, 6) is 0.654. The third-order valence-corrected chi connectivity index (χ3v) is 5.20. The summed E-state index contributed by atoms with van der Waals surface area (Å²) in [5.41, 5.74) is 6.50. The van der Waals surface area contributed by atoms with E-state index in [-0.39, 0.29) is 5.78 Å².